The van der Waals surface area contributed by atoms with Crippen molar-refractivity contribution in [2.24, 2.45) is 0 Å². The Morgan fingerprint density at radius 1 is 0.425 bits per heavy atom. The van der Waals surface area contributed by atoms with Crippen LogP contribution in [0.25, 0.3) is 33.0 Å². The molecule has 196 valence electrons. The predicted octanol–water partition coefficient (Wildman–Crippen LogP) is 11.2. The molecule has 0 unspecified atom stereocenters. The van der Waals surface area contributed by atoms with Gasteiger partial charge in [-0.05, 0) is 87.3 Å². The average Bonchev–Trinajstić information content (AvgIpc) is 2.98. The van der Waals surface area contributed by atoms with Crippen LogP contribution in [0.4, 0.5) is 17.1 Å². The zero-order valence-electron chi connectivity index (χ0n) is 23.7. The number of aryl methyl sites for hydroxylation is 1. The van der Waals surface area contributed by atoms with E-state index in [-0.39, 0.29) is 5.41 Å². The molecule has 0 radical (unpaired) electrons. The third kappa shape index (κ3) is 5.03. The highest BCUT2D eigenvalue weighted by Crippen LogP contribution is 2.39. The summed E-state index contributed by atoms with van der Waals surface area (Å²) in [5.41, 5.74) is 11.1. The summed E-state index contributed by atoms with van der Waals surface area (Å²) in [5, 5.41) is 2.63. The summed E-state index contributed by atoms with van der Waals surface area (Å²) >= 11 is 0. The molecule has 0 heterocycles. The Labute approximate surface area is 238 Å². The van der Waals surface area contributed by atoms with Crippen LogP contribution in [0.2, 0.25) is 0 Å². The minimum Gasteiger partial charge on any atom is -0.311 e. The number of rotatable bonds is 5. The van der Waals surface area contributed by atoms with Gasteiger partial charge in [0.25, 0.3) is 0 Å². The second kappa shape index (κ2) is 10.5. The lowest BCUT2D eigenvalue weighted by atomic mass is 9.82. The molecule has 0 saturated heterocycles. The Hall–Kier alpha value is -4.62. The first kappa shape index (κ1) is 25.6. The summed E-state index contributed by atoms with van der Waals surface area (Å²) in [4.78, 5) is 2.33. The minimum atomic E-state index is 0.0899. The first-order valence-electron chi connectivity index (χ1n) is 14.0. The Morgan fingerprint density at radius 2 is 0.900 bits per heavy atom. The molecule has 0 aliphatic heterocycles. The lowest BCUT2D eigenvalue weighted by molar-refractivity contribution is 0.596. The maximum Gasteiger partial charge on any atom is 0.0462 e. The molecule has 6 rings (SSSR count). The van der Waals surface area contributed by atoms with E-state index >= 15 is 0 Å². The van der Waals surface area contributed by atoms with Gasteiger partial charge in [0, 0.05) is 17.1 Å². The van der Waals surface area contributed by atoms with E-state index in [0.717, 1.165) is 17.1 Å². The van der Waals surface area contributed by atoms with Gasteiger partial charge >= 0.3 is 0 Å². The van der Waals surface area contributed by atoms with Gasteiger partial charge in [-0.1, -0.05) is 129 Å². The number of benzene rings is 6. The fraction of sp³-hybridized carbons (Fsp3) is 0.128. The van der Waals surface area contributed by atoms with Crippen LogP contribution in [0.15, 0.2) is 140 Å². The number of hydrogen-bond acceptors (Lipinski definition) is 1. The number of fused-ring (bicyclic) bond motifs is 1. The predicted molar refractivity (Wildman–Crippen MR) is 173 cm³/mol. The summed E-state index contributed by atoms with van der Waals surface area (Å²) in [6, 6.07) is 50.6. The molecule has 0 aromatic heterocycles. The van der Waals surface area contributed by atoms with E-state index in [1.165, 1.54) is 44.2 Å². The van der Waals surface area contributed by atoms with Gasteiger partial charge in [-0.2, -0.15) is 0 Å². The maximum atomic E-state index is 2.33. The minimum absolute atomic E-state index is 0.0899. The second-order valence-corrected chi connectivity index (χ2v) is 11.6. The molecule has 1 heteroatoms. The number of nitrogens with zero attached hydrogens (tertiary/aromatic N) is 1. The van der Waals surface area contributed by atoms with E-state index in [0.29, 0.717) is 0 Å². The molecule has 40 heavy (non-hydrogen) atoms. The van der Waals surface area contributed by atoms with Crippen LogP contribution >= 0.6 is 0 Å². The van der Waals surface area contributed by atoms with E-state index in [2.05, 4.69) is 172 Å². The van der Waals surface area contributed by atoms with E-state index in [1.807, 2.05) is 0 Å². The Bertz CT molecular complexity index is 1740. The van der Waals surface area contributed by atoms with Gasteiger partial charge in [-0.15, -0.1) is 0 Å². The van der Waals surface area contributed by atoms with Crippen molar-refractivity contribution in [2.75, 3.05) is 4.90 Å². The van der Waals surface area contributed by atoms with E-state index < -0.39 is 0 Å². The summed E-state index contributed by atoms with van der Waals surface area (Å²) < 4.78 is 0. The molecule has 0 aliphatic carbocycles. The van der Waals surface area contributed by atoms with Gasteiger partial charge in [-0.3, -0.25) is 0 Å². The fourth-order valence-electron chi connectivity index (χ4n) is 5.57. The molecule has 0 spiro atoms. The molecule has 0 aliphatic rings. The Morgan fingerprint density at radius 3 is 1.48 bits per heavy atom. The Kier molecular flexibility index (Phi) is 6.74. The van der Waals surface area contributed by atoms with E-state index in [9.17, 15) is 0 Å². The van der Waals surface area contributed by atoms with Gasteiger partial charge in [-0.25, -0.2) is 0 Å². The second-order valence-electron chi connectivity index (χ2n) is 11.6. The van der Waals surface area contributed by atoms with Crippen molar-refractivity contribution in [1.82, 2.24) is 0 Å². The largest absolute Gasteiger partial charge is 0.311 e. The SMILES string of the molecule is Cc1ccc(N(c2ccc(-c3ccccc3)cc2)c2ccc(-c3ccc(C(C)(C)C)c4ccccc34)cc2)cc1. The summed E-state index contributed by atoms with van der Waals surface area (Å²) in [5.74, 6) is 0. The van der Waals surface area contributed by atoms with Crippen LogP contribution in [-0.2, 0) is 5.41 Å². The molecular weight excluding hydrogens is 482 g/mol. The molecule has 0 atom stereocenters. The molecule has 0 amide bonds. The van der Waals surface area contributed by atoms with Crippen LogP contribution in [0.3, 0.4) is 0 Å². The van der Waals surface area contributed by atoms with Crippen LogP contribution in [0, 0.1) is 6.92 Å². The van der Waals surface area contributed by atoms with Crippen molar-refractivity contribution in [3.05, 3.63) is 151 Å². The highest BCUT2D eigenvalue weighted by molar-refractivity contribution is 5.99. The van der Waals surface area contributed by atoms with Crippen molar-refractivity contribution in [1.29, 1.82) is 0 Å². The highest BCUT2D eigenvalue weighted by Gasteiger charge is 2.19. The summed E-state index contributed by atoms with van der Waals surface area (Å²) in [6.45, 7) is 8.99. The highest BCUT2D eigenvalue weighted by atomic mass is 15.1. The zero-order chi connectivity index (χ0) is 27.7. The first-order chi connectivity index (χ1) is 19.4. The van der Waals surface area contributed by atoms with Gasteiger partial charge in [0.1, 0.15) is 0 Å². The first-order valence-corrected chi connectivity index (χ1v) is 14.0. The van der Waals surface area contributed by atoms with Crippen molar-refractivity contribution < 1.29 is 0 Å². The fourth-order valence-corrected chi connectivity index (χ4v) is 5.57. The molecule has 6 aromatic carbocycles. The standard InChI is InChI=1S/C39H35N/c1-28-14-20-32(21-15-28)40(33-22-16-30(17-23-33)29-10-6-5-7-11-29)34-24-18-31(19-25-34)35-26-27-38(39(2,3)4)37-13-9-8-12-36(35)37/h5-27H,1-4H3. The number of hydrogen-bond donors (Lipinski definition) is 0. The van der Waals surface area contributed by atoms with Gasteiger partial charge < -0.3 is 4.90 Å². The molecule has 0 bridgehead atoms. The van der Waals surface area contributed by atoms with Crippen LogP contribution in [0.5, 0.6) is 0 Å². The van der Waals surface area contributed by atoms with Gasteiger partial charge in [0.15, 0.2) is 0 Å². The summed E-state index contributed by atoms with van der Waals surface area (Å²) in [6.07, 6.45) is 0. The lowest BCUT2D eigenvalue weighted by Crippen LogP contribution is -2.11. The molecule has 0 N–H and O–H groups in total. The average molecular weight is 518 g/mol. The van der Waals surface area contributed by atoms with Crippen molar-refractivity contribution >= 4 is 27.8 Å². The number of anilines is 3. The molecule has 6 aromatic rings. The molecule has 0 saturated carbocycles. The quantitative estimate of drug-likeness (QED) is 0.220. The van der Waals surface area contributed by atoms with E-state index in [1.54, 1.807) is 0 Å². The monoisotopic (exact) mass is 517 g/mol. The topological polar surface area (TPSA) is 3.24 Å². The van der Waals surface area contributed by atoms with Crippen molar-refractivity contribution in [3.63, 3.8) is 0 Å². The third-order valence-corrected chi connectivity index (χ3v) is 7.69. The molecule has 1 nitrogen and oxygen atoms in total. The van der Waals surface area contributed by atoms with Crippen LogP contribution < -0.4 is 4.90 Å². The van der Waals surface area contributed by atoms with Gasteiger partial charge in [0.2, 0.25) is 0 Å². The van der Waals surface area contributed by atoms with Crippen molar-refractivity contribution in [2.45, 2.75) is 33.1 Å². The van der Waals surface area contributed by atoms with Crippen LogP contribution in [0.1, 0.15) is 31.9 Å². The zero-order valence-corrected chi connectivity index (χ0v) is 23.7. The third-order valence-electron chi connectivity index (χ3n) is 7.69. The lowest BCUT2D eigenvalue weighted by Gasteiger charge is -2.26. The van der Waals surface area contributed by atoms with Crippen molar-refractivity contribution in [3.8, 4) is 22.3 Å². The smallest absolute Gasteiger partial charge is 0.0462 e. The summed E-state index contributed by atoms with van der Waals surface area (Å²) in [7, 11) is 0. The van der Waals surface area contributed by atoms with E-state index in [4.69, 9.17) is 0 Å². The Balaban J connectivity index is 1.41. The van der Waals surface area contributed by atoms with Gasteiger partial charge in [0.05, 0.1) is 0 Å². The molecule has 0 fully saturated rings. The maximum absolute atomic E-state index is 2.33. The van der Waals surface area contributed by atoms with Crippen LogP contribution in [-0.4, -0.2) is 0 Å². The normalized spacial score (nSPS) is 11.5. The molecular formula is C39H35N.